The normalized spacial score (nSPS) is 11.9. The van der Waals surface area contributed by atoms with Gasteiger partial charge in [0.25, 0.3) is 0 Å². The quantitative estimate of drug-likeness (QED) is 0.123. The van der Waals surface area contributed by atoms with Crippen LogP contribution >= 0.6 is 0 Å². The van der Waals surface area contributed by atoms with Crippen LogP contribution in [0.25, 0.3) is 105 Å². The first-order chi connectivity index (χ1) is 33.3. The van der Waals surface area contributed by atoms with Gasteiger partial charge in [0, 0.05) is 43.8 Å². The van der Waals surface area contributed by atoms with Gasteiger partial charge in [0.1, 0.15) is 0 Å². The van der Waals surface area contributed by atoms with Gasteiger partial charge in [-0.1, -0.05) is 117 Å². The van der Waals surface area contributed by atoms with E-state index in [-0.39, 0.29) is 25.5 Å². The Bertz CT molecular complexity index is 3820. The van der Waals surface area contributed by atoms with Crippen LogP contribution in [0.4, 0.5) is 0 Å². The van der Waals surface area contributed by atoms with Crippen LogP contribution in [0.1, 0.15) is 32.0 Å². The molecule has 0 aliphatic carbocycles. The number of aryl methyl sites for hydroxylation is 2. The topological polar surface area (TPSA) is 61.7 Å². The summed E-state index contributed by atoms with van der Waals surface area (Å²) in [5.41, 5.74) is 16.8. The Balaban J connectivity index is 0.000000192. The van der Waals surface area contributed by atoms with Gasteiger partial charge in [0.2, 0.25) is 0 Å². The van der Waals surface area contributed by atoms with Crippen LogP contribution in [0.2, 0.25) is 17.3 Å². The van der Waals surface area contributed by atoms with E-state index in [0.29, 0.717) is 5.71 Å². The molecule has 12 aromatic rings. The zero-order valence-electron chi connectivity index (χ0n) is 40.7. The Hall–Kier alpha value is -6.90. The van der Waals surface area contributed by atoms with Crippen molar-refractivity contribution in [2.75, 3.05) is 0 Å². The second kappa shape index (κ2) is 18.4. The van der Waals surface area contributed by atoms with Crippen LogP contribution in [0.5, 0.6) is 0 Å². The van der Waals surface area contributed by atoms with Crippen LogP contribution in [-0.2, 0) is 32.6 Å². The van der Waals surface area contributed by atoms with Gasteiger partial charge < -0.3 is 9.13 Å². The summed E-state index contributed by atoms with van der Waals surface area (Å²) in [6.07, 6.45) is 2.03. The molecule has 0 atom stereocenters. The number of para-hydroxylation sites is 3. The zero-order valence-corrected chi connectivity index (χ0v) is 45.2. The number of benzene rings is 7. The van der Waals surface area contributed by atoms with Crippen LogP contribution in [0, 0.1) is 19.1 Å². The average molecular weight is 1150 g/mol. The molecule has 7 aromatic carbocycles. The fraction of sp³-hybridized carbons (Fsp3) is 0.145. The predicted octanol–water partition coefficient (Wildman–Crippen LogP) is 15.5. The summed E-state index contributed by atoms with van der Waals surface area (Å²) < 4.78 is 11.9. The van der Waals surface area contributed by atoms with Crippen LogP contribution < -0.4 is 4.40 Å². The van der Waals surface area contributed by atoms with Gasteiger partial charge in [0.05, 0.1) is 22.5 Å². The number of hydrogen-bond acceptors (Lipinski definition) is 4. The zero-order chi connectivity index (χ0) is 47.6. The Morgan fingerprint density at radius 1 is 0.586 bits per heavy atom. The largest absolute Gasteiger partial charge is 0.383 e. The standard InChI is InChI=1S/C42H34N3.C20H19GeN2O.Ir/c1-42(2,3)31-26-33(28-15-7-5-8-16-28)40(34(27-31)29-17-9-6-10-18-29)45-39-22-14-12-20-36(39)43-41(45)30-23-24-38-35(25-30)32-19-11-13-21-37(32)44(38)4;1-13-5-8-16-17-11-14(6-10-19(17)24-20(16)23-13)18-9-7-15(12-22-18)21(2,3)4;/h5-22,24-27H,1-4H3;5,7-12H,1-4H3;/q2*-1;. The van der Waals surface area contributed by atoms with E-state index in [4.69, 9.17) is 9.40 Å². The number of rotatable bonds is 6. The molecule has 347 valence electrons. The summed E-state index contributed by atoms with van der Waals surface area (Å²) in [5, 5.41) is 4.53. The maximum Gasteiger partial charge on any atom is 0.0774 e. The minimum Gasteiger partial charge on any atom is -0.383 e. The van der Waals surface area contributed by atoms with Gasteiger partial charge >= 0.3 is 144 Å². The summed E-state index contributed by atoms with van der Waals surface area (Å²) in [7, 11) is 2.13. The number of nitrogens with zero attached hydrogens (tertiary/aromatic N) is 5. The van der Waals surface area contributed by atoms with Gasteiger partial charge in [0.15, 0.2) is 0 Å². The van der Waals surface area contributed by atoms with Crippen LogP contribution in [0.15, 0.2) is 180 Å². The molecule has 0 aliphatic rings. The first kappa shape index (κ1) is 46.8. The summed E-state index contributed by atoms with van der Waals surface area (Å²) in [5.74, 6) is 8.01. The smallest absolute Gasteiger partial charge is 0.0774 e. The molecule has 0 N–H and O–H groups in total. The predicted molar refractivity (Wildman–Crippen MR) is 290 cm³/mol. The maximum atomic E-state index is 5.83. The van der Waals surface area contributed by atoms with E-state index in [1.807, 2.05) is 25.3 Å². The summed E-state index contributed by atoms with van der Waals surface area (Å²) in [6.45, 7) is 8.84. The average Bonchev–Trinajstić information content (AvgIpc) is 4.02. The molecule has 12 rings (SSSR count). The summed E-state index contributed by atoms with van der Waals surface area (Å²) >= 11 is -1.83. The van der Waals surface area contributed by atoms with Crippen molar-refractivity contribution in [2.45, 2.75) is 50.4 Å². The van der Waals surface area contributed by atoms with E-state index < -0.39 is 13.3 Å². The molecule has 0 amide bonds. The molecular formula is C62H53GeIrN5O-2. The molecule has 0 fully saturated rings. The van der Waals surface area contributed by atoms with E-state index in [0.717, 1.165) is 66.9 Å². The van der Waals surface area contributed by atoms with E-state index >= 15 is 0 Å². The molecule has 0 saturated heterocycles. The van der Waals surface area contributed by atoms with Crippen molar-refractivity contribution >= 4 is 72.6 Å². The first-order valence-corrected chi connectivity index (χ1v) is 31.0. The maximum absolute atomic E-state index is 5.83. The van der Waals surface area contributed by atoms with E-state index in [9.17, 15) is 0 Å². The van der Waals surface area contributed by atoms with Crippen molar-refractivity contribution in [1.29, 1.82) is 0 Å². The Morgan fingerprint density at radius 3 is 1.87 bits per heavy atom. The van der Waals surface area contributed by atoms with E-state index in [1.165, 1.54) is 48.5 Å². The minimum atomic E-state index is -1.83. The first-order valence-electron chi connectivity index (χ1n) is 23.6. The molecular weight excluding hydrogens is 1100 g/mol. The van der Waals surface area contributed by atoms with Gasteiger partial charge in [-0.3, -0.25) is 4.98 Å². The van der Waals surface area contributed by atoms with Gasteiger partial charge in [-0.25, -0.2) is 0 Å². The minimum absolute atomic E-state index is 0. The molecule has 70 heavy (non-hydrogen) atoms. The third-order valence-electron chi connectivity index (χ3n) is 13.3. The van der Waals surface area contributed by atoms with Crippen molar-refractivity contribution in [3.8, 4) is 50.6 Å². The van der Waals surface area contributed by atoms with Crippen LogP contribution in [0.3, 0.4) is 0 Å². The van der Waals surface area contributed by atoms with Crippen LogP contribution in [-0.4, -0.2) is 37.4 Å². The molecule has 5 aromatic heterocycles. The van der Waals surface area contributed by atoms with Gasteiger partial charge in [-0.15, -0.1) is 23.8 Å². The molecule has 0 unspecified atom stereocenters. The molecule has 0 spiro atoms. The Morgan fingerprint density at radius 2 is 1.21 bits per heavy atom. The number of fused-ring (bicyclic) bond motifs is 7. The molecule has 8 heteroatoms. The monoisotopic (exact) mass is 1150 g/mol. The number of imidazole rings is 1. The van der Waals surface area contributed by atoms with Gasteiger partial charge in [-0.05, 0) is 63.3 Å². The molecule has 6 nitrogen and oxygen atoms in total. The Kier molecular flexibility index (Phi) is 12.3. The van der Waals surface area contributed by atoms with Crippen molar-refractivity contribution in [2.24, 2.45) is 7.05 Å². The number of furan rings is 1. The van der Waals surface area contributed by atoms with Crippen molar-refractivity contribution < 1.29 is 24.5 Å². The molecule has 0 aliphatic heterocycles. The van der Waals surface area contributed by atoms with Crippen molar-refractivity contribution in [1.82, 2.24) is 24.1 Å². The third kappa shape index (κ3) is 8.61. The second-order valence-corrected chi connectivity index (χ2v) is 30.8. The van der Waals surface area contributed by atoms with Crippen molar-refractivity contribution in [3.05, 3.63) is 199 Å². The molecule has 1 radical (unpaired) electrons. The SMILES string of the molecule is Cc1ccc2c(n1)oc1c[c-]c(-c3cc[c]([Ge]([CH3])([CH3])[CH3])cn3)cc12.Cn1c2c[c-]c(-c3nc4ccccc4n3-c3c(-c4ccccc4)cc(C(C)(C)C)cc3-c3ccccc3)cc2c2ccccc21.[Ir]. The second-order valence-electron chi connectivity index (χ2n) is 20.1. The third-order valence-corrected chi connectivity index (χ3v) is 17.6. The van der Waals surface area contributed by atoms with Gasteiger partial charge in [-0.2, -0.15) is 0 Å². The number of aromatic nitrogens is 5. The summed E-state index contributed by atoms with van der Waals surface area (Å²) in [4.78, 5) is 14.5. The Labute approximate surface area is 425 Å². The fourth-order valence-corrected chi connectivity index (χ4v) is 11.7. The molecule has 0 saturated carbocycles. The number of hydrogen-bond donors (Lipinski definition) is 0. The molecule has 0 bridgehead atoms. The number of pyridine rings is 2. The van der Waals surface area contributed by atoms with Crippen molar-refractivity contribution in [3.63, 3.8) is 0 Å². The fourth-order valence-electron chi connectivity index (χ4n) is 9.48. The summed E-state index contributed by atoms with van der Waals surface area (Å²) in [6, 6.07) is 67.1. The van der Waals surface area contributed by atoms with E-state index in [1.54, 1.807) is 0 Å². The van der Waals surface area contributed by atoms with E-state index in [2.05, 4.69) is 234 Å². The molecule has 5 heterocycles.